The van der Waals surface area contributed by atoms with Gasteiger partial charge in [-0.25, -0.2) is 14.0 Å². The Morgan fingerprint density at radius 3 is 2.41 bits per heavy atom. The molecule has 1 aliphatic rings. The van der Waals surface area contributed by atoms with Gasteiger partial charge in [-0.3, -0.25) is 14.2 Å². The zero-order valence-corrected chi connectivity index (χ0v) is 15.9. The number of nitrogens with one attached hydrogen (secondary N) is 1. The molecule has 0 radical (unpaired) electrons. The van der Waals surface area contributed by atoms with E-state index >= 15 is 0 Å². The fourth-order valence-corrected chi connectivity index (χ4v) is 3.08. The fourth-order valence-electron chi connectivity index (χ4n) is 3.08. The summed E-state index contributed by atoms with van der Waals surface area (Å²) in [7, 11) is 0. The summed E-state index contributed by atoms with van der Waals surface area (Å²) in [6, 6.07) is 5.79. The Balaban J connectivity index is 1.79. The Kier molecular flexibility index (Phi) is 6.10. The van der Waals surface area contributed by atoms with E-state index in [2.05, 4.69) is 4.98 Å². The first-order chi connectivity index (χ1) is 13.9. The lowest BCUT2D eigenvalue weighted by molar-refractivity contribution is 0.0568. The average Bonchev–Trinajstić information content (AvgIpc) is 2.72. The van der Waals surface area contributed by atoms with E-state index in [-0.39, 0.29) is 50.5 Å². The molecule has 0 saturated carbocycles. The largest absolute Gasteiger partial charge is 0.450 e. The topological polar surface area (TPSA) is 105 Å². The maximum Gasteiger partial charge on any atom is 0.409 e. The Morgan fingerprint density at radius 1 is 1.10 bits per heavy atom. The van der Waals surface area contributed by atoms with Crippen LogP contribution in [0.1, 0.15) is 22.8 Å². The zero-order chi connectivity index (χ0) is 21.0. The summed E-state index contributed by atoms with van der Waals surface area (Å²) in [5.41, 5.74) is -1.59. The van der Waals surface area contributed by atoms with E-state index in [0.717, 1.165) is 10.8 Å². The lowest BCUT2D eigenvalue weighted by atomic mass is 10.2. The molecule has 0 bridgehead atoms. The summed E-state index contributed by atoms with van der Waals surface area (Å²) in [6.45, 7) is 2.68. The van der Waals surface area contributed by atoms with Gasteiger partial charge < -0.3 is 19.5 Å². The van der Waals surface area contributed by atoms with Crippen molar-refractivity contribution in [2.24, 2.45) is 0 Å². The van der Waals surface area contributed by atoms with E-state index in [9.17, 15) is 23.6 Å². The molecule has 2 aromatic rings. The van der Waals surface area contributed by atoms with E-state index in [0.29, 0.717) is 0 Å². The van der Waals surface area contributed by atoms with Crippen LogP contribution in [-0.4, -0.2) is 64.1 Å². The highest BCUT2D eigenvalue weighted by Gasteiger charge is 2.27. The minimum atomic E-state index is -0.796. The van der Waals surface area contributed by atoms with Gasteiger partial charge in [0.15, 0.2) is 0 Å². The summed E-state index contributed by atoms with van der Waals surface area (Å²) in [4.78, 5) is 54.6. The van der Waals surface area contributed by atoms with Crippen molar-refractivity contribution in [3.8, 4) is 0 Å². The number of hydrogen-bond acceptors (Lipinski definition) is 5. The number of ether oxygens (including phenoxy) is 1. The maximum atomic E-state index is 13.9. The van der Waals surface area contributed by atoms with Gasteiger partial charge in [-0.1, -0.05) is 18.2 Å². The van der Waals surface area contributed by atoms with Gasteiger partial charge in [0.2, 0.25) is 0 Å². The van der Waals surface area contributed by atoms with Crippen molar-refractivity contribution in [1.29, 1.82) is 0 Å². The van der Waals surface area contributed by atoms with Crippen molar-refractivity contribution in [2.75, 3.05) is 32.8 Å². The van der Waals surface area contributed by atoms with Crippen LogP contribution in [0, 0.1) is 5.82 Å². The van der Waals surface area contributed by atoms with Crippen LogP contribution < -0.4 is 11.2 Å². The van der Waals surface area contributed by atoms with Gasteiger partial charge in [-0.2, -0.15) is 0 Å². The van der Waals surface area contributed by atoms with Gasteiger partial charge in [0.05, 0.1) is 13.2 Å². The minimum absolute atomic E-state index is 0.160. The first-order valence-electron chi connectivity index (χ1n) is 9.19. The number of rotatable bonds is 4. The van der Waals surface area contributed by atoms with Crippen LogP contribution >= 0.6 is 0 Å². The van der Waals surface area contributed by atoms with Crippen LogP contribution in [0.15, 0.2) is 40.1 Å². The quantitative estimate of drug-likeness (QED) is 0.805. The molecule has 154 valence electrons. The lowest BCUT2D eigenvalue weighted by Crippen LogP contribution is -2.52. The Labute approximate surface area is 165 Å². The molecule has 0 aliphatic carbocycles. The number of amides is 2. The first kappa shape index (κ1) is 20.3. The molecule has 3 rings (SSSR count). The number of nitrogens with zero attached hydrogens (tertiary/aromatic N) is 3. The first-order valence-corrected chi connectivity index (χ1v) is 9.19. The number of piperazine rings is 1. The molecule has 1 fully saturated rings. The third-order valence-corrected chi connectivity index (χ3v) is 4.67. The summed E-state index contributed by atoms with van der Waals surface area (Å²) in [5.74, 6) is -1.11. The SMILES string of the molecule is CCOC(=O)N1CCN(C(=O)c2c[nH]c(=O)n(Cc3ccccc3F)c2=O)CC1. The Hall–Kier alpha value is -3.43. The molecular weight excluding hydrogens is 383 g/mol. The van der Waals surface area contributed by atoms with E-state index in [1.54, 1.807) is 13.0 Å². The molecule has 0 atom stereocenters. The molecule has 1 aromatic heterocycles. The van der Waals surface area contributed by atoms with Gasteiger partial charge in [0.1, 0.15) is 11.4 Å². The summed E-state index contributed by atoms with van der Waals surface area (Å²) in [6.07, 6.45) is 0.624. The van der Waals surface area contributed by atoms with Crippen LogP contribution in [0.3, 0.4) is 0 Å². The van der Waals surface area contributed by atoms with Gasteiger partial charge in [-0.05, 0) is 13.0 Å². The predicted molar refractivity (Wildman–Crippen MR) is 101 cm³/mol. The lowest BCUT2D eigenvalue weighted by Gasteiger charge is -2.33. The molecule has 1 aliphatic heterocycles. The minimum Gasteiger partial charge on any atom is -0.450 e. The number of carbonyl (C=O) groups excluding carboxylic acids is 2. The second kappa shape index (κ2) is 8.72. The van der Waals surface area contributed by atoms with Crippen LogP contribution in [0.25, 0.3) is 0 Å². The number of halogens is 1. The number of carbonyl (C=O) groups is 2. The third kappa shape index (κ3) is 4.36. The van der Waals surface area contributed by atoms with Gasteiger partial charge >= 0.3 is 11.8 Å². The molecular formula is C19H21FN4O5. The molecule has 1 N–H and O–H groups in total. The van der Waals surface area contributed by atoms with Crippen molar-refractivity contribution in [3.05, 3.63) is 68.2 Å². The van der Waals surface area contributed by atoms with Crippen LogP contribution in [-0.2, 0) is 11.3 Å². The van der Waals surface area contributed by atoms with E-state index in [1.807, 2.05) is 0 Å². The van der Waals surface area contributed by atoms with E-state index < -0.39 is 29.1 Å². The molecule has 2 amide bonds. The Morgan fingerprint density at radius 2 is 1.76 bits per heavy atom. The predicted octanol–water partition coefficient (Wildman–Crippen LogP) is 0.638. The third-order valence-electron chi connectivity index (χ3n) is 4.67. The second-order valence-electron chi connectivity index (χ2n) is 6.47. The summed E-state index contributed by atoms with van der Waals surface area (Å²) in [5, 5.41) is 0. The van der Waals surface area contributed by atoms with Crippen LogP contribution in [0.2, 0.25) is 0 Å². The van der Waals surface area contributed by atoms with Crippen molar-refractivity contribution in [2.45, 2.75) is 13.5 Å². The highest BCUT2D eigenvalue weighted by Crippen LogP contribution is 2.09. The number of benzene rings is 1. The Bertz CT molecular complexity index is 1020. The van der Waals surface area contributed by atoms with Crippen molar-refractivity contribution in [3.63, 3.8) is 0 Å². The molecule has 1 aromatic carbocycles. The normalized spacial score (nSPS) is 14.0. The number of hydrogen-bond donors (Lipinski definition) is 1. The second-order valence-corrected chi connectivity index (χ2v) is 6.47. The standard InChI is InChI=1S/C19H21FN4O5/c1-2-29-19(28)23-9-7-22(8-10-23)16(25)14-11-21-18(27)24(17(14)26)12-13-5-3-4-6-15(13)20/h3-6,11H,2,7-10,12H2,1H3,(H,21,27). The van der Waals surface area contributed by atoms with E-state index in [4.69, 9.17) is 4.74 Å². The van der Waals surface area contributed by atoms with Gasteiger partial charge in [0.25, 0.3) is 11.5 Å². The van der Waals surface area contributed by atoms with Crippen molar-refractivity contribution in [1.82, 2.24) is 19.4 Å². The summed E-state index contributed by atoms with van der Waals surface area (Å²) >= 11 is 0. The highest BCUT2D eigenvalue weighted by atomic mass is 19.1. The maximum absolute atomic E-state index is 13.9. The monoisotopic (exact) mass is 404 g/mol. The highest BCUT2D eigenvalue weighted by molar-refractivity contribution is 5.93. The van der Waals surface area contributed by atoms with Crippen LogP contribution in [0.4, 0.5) is 9.18 Å². The van der Waals surface area contributed by atoms with E-state index in [1.165, 1.54) is 28.0 Å². The molecule has 0 unspecified atom stereocenters. The van der Waals surface area contributed by atoms with Gasteiger partial charge in [-0.15, -0.1) is 0 Å². The molecule has 1 saturated heterocycles. The molecule has 0 spiro atoms. The molecule has 9 nitrogen and oxygen atoms in total. The number of aromatic amines is 1. The molecule has 2 heterocycles. The molecule has 10 heteroatoms. The fraction of sp³-hybridized carbons (Fsp3) is 0.368. The molecule has 29 heavy (non-hydrogen) atoms. The average molecular weight is 404 g/mol. The smallest absolute Gasteiger partial charge is 0.409 e. The summed E-state index contributed by atoms with van der Waals surface area (Å²) < 4.78 is 19.6. The van der Waals surface area contributed by atoms with Gasteiger partial charge in [0, 0.05) is 37.9 Å². The number of H-pyrrole nitrogens is 1. The van der Waals surface area contributed by atoms with Crippen molar-refractivity contribution >= 4 is 12.0 Å². The number of aromatic nitrogens is 2. The van der Waals surface area contributed by atoms with Crippen molar-refractivity contribution < 1.29 is 18.7 Å². The zero-order valence-electron chi connectivity index (χ0n) is 15.9. The van der Waals surface area contributed by atoms with Crippen LogP contribution in [0.5, 0.6) is 0 Å².